The first-order chi connectivity index (χ1) is 20.8. The summed E-state index contributed by atoms with van der Waals surface area (Å²) in [6.45, 7) is 0.315. The van der Waals surface area contributed by atoms with Crippen LogP contribution < -0.4 is 10.2 Å². The van der Waals surface area contributed by atoms with Gasteiger partial charge in [0.05, 0.1) is 0 Å². The van der Waals surface area contributed by atoms with Gasteiger partial charge in [-0.2, -0.15) is 0 Å². The maximum absolute atomic E-state index is 13.5. The van der Waals surface area contributed by atoms with Crippen LogP contribution in [0.3, 0.4) is 0 Å². The summed E-state index contributed by atoms with van der Waals surface area (Å²) in [7, 11) is 0. The fourth-order valence-corrected chi connectivity index (χ4v) is 5.54. The smallest absolute Gasteiger partial charge is 0.329 e. The lowest BCUT2D eigenvalue weighted by Gasteiger charge is -2.26. The molecular formula is C33H33N3O7. The van der Waals surface area contributed by atoms with Gasteiger partial charge in [0.25, 0.3) is 0 Å². The number of nitrogens with one attached hydrogen (secondary N) is 1. The maximum atomic E-state index is 13.5. The molecule has 2 aliphatic rings. The van der Waals surface area contributed by atoms with Gasteiger partial charge in [0.1, 0.15) is 24.7 Å². The third-order valence-electron chi connectivity index (χ3n) is 7.80. The summed E-state index contributed by atoms with van der Waals surface area (Å²) in [5.74, 6) is -2.52. The molecule has 2 saturated heterocycles. The molecule has 3 atom stereocenters. The number of amides is 3. The van der Waals surface area contributed by atoms with E-state index in [1.807, 2.05) is 60.7 Å². The average molecular weight is 584 g/mol. The van der Waals surface area contributed by atoms with E-state index in [4.69, 9.17) is 4.74 Å². The second-order valence-corrected chi connectivity index (χ2v) is 10.7. The molecule has 10 heteroatoms. The van der Waals surface area contributed by atoms with E-state index >= 15 is 0 Å². The Morgan fingerprint density at radius 3 is 2.05 bits per heavy atom. The minimum atomic E-state index is -1.06. The number of ether oxygens (including phenoxy) is 1. The standard InChI is InChI=1S/C33H33N3O7/c37-29-17-15-27(35(29)20-23-7-3-1-4-8-23)31(39)34-26(33(42)43-21-24-9-5-2-6-10-24)19-22-11-13-25(14-12-22)36-28(32(40)41)16-18-30(36)38/h1-14,26-28H,15-21H2,(H,34,39)(H,40,41)/t26-,27-,28?/m0/s1. The normalized spacial score (nSPS) is 18.9. The van der Waals surface area contributed by atoms with Crippen LogP contribution in [0.15, 0.2) is 84.9 Å². The van der Waals surface area contributed by atoms with Crippen molar-refractivity contribution in [1.29, 1.82) is 0 Å². The van der Waals surface area contributed by atoms with E-state index in [-0.39, 0.29) is 50.6 Å². The average Bonchev–Trinajstić information content (AvgIpc) is 3.59. The van der Waals surface area contributed by atoms with Gasteiger partial charge in [-0.25, -0.2) is 9.59 Å². The largest absolute Gasteiger partial charge is 0.480 e. The molecule has 222 valence electrons. The molecule has 3 amide bonds. The molecule has 0 aliphatic carbocycles. The number of carbonyl (C=O) groups excluding carboxylic acids is 4. The van der Waals surface area contributed by atoms with Crippen LogP contribution in [0.4, 0.5) is 5.69 Å². The molecule has 0 aromatic heterocycles. The number of nitrogens with zero attached hydrogens (tertiary/aromatic N) is 2. The maximum Gasteiger partial charge on any atom is 0.329 e. The Morgan fingerprint density at radius 2 is 1.40 bits per heavy atom. The lowest BCUT2D eigenvalue weighted by atomic mass is 10.0. The van der Waals surface area contributed by atoms with E-state index in [9.17, 15) is 29.1 Å². The third-order valence-corrected chi connectivity index (χ3v) is 7.80. The number of hydrogen-bond acceptors (Lipinski definition) is 6. The lowest BCUT2D eigenvalue weighted by Crippen LogP contribution is -2.51. The van der Waals surface area contributed by atoms with Crippen LogP contribution in [0.25, 0.3) is 0 Å². The number of carbonyl (C=O) groups is 5. The monoisotopic (exact) mass is 583 g/mol. The number of esters is 1. The van der Waals surface area contributed by atoms with E-state index in [1.54, 1.807) is 24.3 Å². The molecular weight excluding hydrogens is 550 g/mol. The van der Waals surface area contributed by atoms with Crippen molar-refractivity contribution in [2.24, 2.45) is 0 Å². The van der Waals surface area contributed by atoms with Gasteiger partial charge >= 0.3 is 11.9 Å². The van der Waals surface area contributed by atoms with Crippen molar-refractivity contribution in [1.82, 2.24) is 10.2 Å². The molecule has 0 spiro atoms. The molecule has 3 aromatic rings. The highest BCUT2D eigenvalue weighted by Gasteiger charge is 2.39. The summed E-state index contributed by atoms with van der Waals surface area (Å²) in [6.07, 6.45) is 1.07. The summed E-state index contributed by atoms with van der Waals surface area (Å²) in [4.78, 5) is 66.3. The zero-order chi connectivity index (χ0) is 30.3. The molecule has 0 radical (unpaired) electrons. The summed E-state index contributed by atoms with van der Waals surface area (Å²) in [5.41, 5.74) is 2.82. The first-order valence-electron chi connectivity index (χ1n) is 14.3. The van der Waals surface area contributed by atoms with Crippen molar-refractivity contribution in [3.05, 3.63) is 102 Å². The van der Waals surface area contributed by atoms with E-state index in [0.717, 1.165) is 11.1 Å². The Kier molecular flexibility index (Phi) is 9.14. The molecule has 10 nitrogen and oxygen atoms in total. The van der Waals surface area contributed by atoms with Gasteiger partial charge in [0.15, 0.2) is 0 Å². The topological polar surface area (TPSA) is 133 Å². The third kappa shape index (κ3) is 7.09. The van der Waals surface area contributed by atoms with Gasteiger partial charge < -0.3 is 20.1 Å². The molecule has 0 saturated carbocycles. The molecule has 0 bridgehead atoms. The number of likely N-dealkylation sites (tertiary alicyclic amines) is 1. The second-order valence-electron chi connectivity index (χ2n) is 10.7. The van der Waals surface area contributed by atoms with Crippen LogP contribution in [-0.4, -0.2) is 57.8 Å². The molecule has 2 N–H and O–H groups in total. The highest BCUT2D eigenvalue weighted by atomic mass is 16.5. The van der Waals surface area contributed by atoms with E-state index < -0.39 is 36.0 Å². The van der Waals surface area contributed by atoms with Gasteiger partial charge in [0.2, 0.25) is 17.7 Å². The van der Waals surface area contributed by atoms with E-state index in [2.05, 4.69) is 5.32 Å². The minimum Gasteiger partial charge on any atom is -0.480 e. The predicted octanol–water partition coefficient (Wildman–Crippen LogP) is 3.23. The van der Waals surface area contributed by atoms with Crippen molar-refractivity contribution < 1.29 is 33.8 Å². The summed E-state index contributed by atoms with van der Waals surface area (Å²) in [5, 5.41) is 12.3. The number of carboxylic acids is 1. The molecule has 1 unspecified atom stereocenters. The SMILES string of the molecule is O=C(O)C1CCC(=O)N1c1ccc(C[C@H](NC(=O)[C@@H]2CCC(=O)N2Cc2ccccc2)C(=O)OCc2ccccc2)cc1. The Balaban J connectivity index is 1.32. The van der Waals surface area contributed by atoms with Crippen molar-refractivity contribution in [2.75, 3.05) is 4.90 Å². The molecule has 2 fully saturated rings. The second kappa shape index (κ2) is 13.3. The fourth-order valence-electron chi connectivity index (χ4n) is 5.54. The van der Waals surface area contributed by atoms with E-state index in [0.29, 0.717) is 17.7 Å². The number of hydrogen-bond donors (Lipinski definition) is 2. The number of benzene rings is 3. The molecule has 5 rings (SSSR count). The van der Waals surface area contributed by atoms with E-state index in [1.165, 1.54) is 9.80 Å². The summed E-state index contributed by atoms with van der Waals surface area (Å²) < 4.78 is 5.58. The Morgan fingerprint density at radius 1 is 0.791 bits per heavy atom. The predicted molar refractivity (Wildman–Crippen MR) is 156 cm³/mol. The van der Waals surface area contributed by atoms with Crippen molar-refractivity contribution in [2.45, 2.75) is 63.4 Å². The Hall–Kier alpha value is -4.99. The molecule has 43 heavy (non-hydrogen) atoms. The van der Waals surface area contributed by atoms with Gasteiger partial charge in [0, 0.05) is 31.5 Å². The quantitative estimate of drug-likeness (QED) is 0.331. The van der Waals surface area contributed by atoms with Crippen LogP contribution in [0.1, 0.15) is 42.4 Å². The molecule has 2 aliphatic heterocycles. The Bertz CT molecular complexity index is 1480. The van der Waals surface area contributed by atoms with Crippen LogP contribution in [0.2, 0.25) is 0 Å². The summed E-state index contributed by atoms with van der Waals surface area (Å²) >= 11 is 0. The first kappa shape index (κ1) is 29.5. The Labute approximate surface area is 249 Å². The minimum absolute atomic E-state index is 0.0284. The fraction of sp³-hybridized carbons (Fsp3) is 0.303. The number of aliphatic carboxylic acids is 1. The zero-order valence-electron chi connectivity index (χ0n) is 23.6. The van der Waals surface area contributed by atoms with Gasteiger partial charge in [-0.15, -0.1) is 0 Å². The van der Waals surface area contributed by atoms with Crippen LogP contribution in [0.5, 0.6) is 0 Å². The van der Waals surface area contributed by atoms with Crippen LogP contribution in [0, 0.1) is 0 Å². The van der Waals surface area contributed by atoms with Gasteiger partial charge in [-0.3, -0.25) is 19.3 Å². The van der Waals surface area contributed by atoms with Crippen LogP contribution in [-0.2, 0) is 48.3 Å². The van der Waals surface area contributed by atoms with Gasteiger partial charge in [-0.1, -0.05) is 72.8 Å². The highest BCUT2D eigenvalue weighted by molar-refractivity contribution is 6.02. The van der Waals surface area contributed by atoms with Crippen molar-refractivity contribution >= 4 is 35.3 Å². The number of anilines is 1. The molecule has 3 aromatic carbocycles. The highest BCUT2D eigenvalue weighted by Crippen LogP contribution is 2.28. The van der Waals surface area contributed by atoms with Crippen molar-refractivity contribution in [3.8, 4) is 0 Å². The zero-order valence-corrected chi connectivity index (χ0v) is 23.6. The lowest BCUT2D eigenvalue weighted by molar-refractivity contribution is -0.149. The van der Waals surface area contributed by atoms with Crippen LogP contribution >= 0.6 is 0 Å². The first-order valence-corrected chi connectivity index (χ1v) is 14.3. The number of rotatable bonds is 11. The number of carboxylic acid groups (broad SMARTS) is 1. The van der Waals surface area contributed by atoms with Gasteiger partial charge in [-0.05, 0) is 41.7 Å². The summed E-state index contributed by atoms with van der Waals surface area (Å²) in [6, 6.07) is 22.6. The van der Waals surface area contributed by atoms with Crippen molar-refractivity contribution in [3.63, 3.8) is 0 Å². The molecule has 2 heterocycles.